The Morgan fingerprint density at radius 1 is 1.34 bits per heavy atom. The largest absolute Gasteiger partial charge is 0.393 e. The molecular weight excluding hydrogens is 376 g/mol. The number of amides is 1. The predicted molar refractivity (Wildman–Crippen MR) is 105 cm³/mol. The van der Waals surface area contributed by atoms with Crippen molar-refractivity contribution in [1.82, 2.24) is 14.5 Å². The average molecular weight is 400 g/mol. The Morgan fingerprint density at radius 2 is 2.03 bits per heavy atom. The molecule has 154 valence electrons. The fourth-order valence-electron chi connectivity index (χ4n) is 4.31. The third kappa shape index (κ3) is 2.89. The van der Waals surface area contributed by atoms with Gasteiger partial charge in [0.15, 0.2) is 6.23 Å². The lowest BCUT2D eigenvalue weighted by molar-refractivity contribution is -0.175. The summed E-state index contributed by atoms with van der Waals surface area (Å²) in [4.78, 5) is 31.0. The van der Waals surface area contributed by atoms with E-state index in [1.54, 1.807) is 37.4 Å². The van der Waals surface area contributed by atoms with E-state index in [0.29, 0.717) is 11.1 Å². The second kappa shape index (κ2) is 7.03. The zero-order chi connectivity index (χ0) is 20.9. The van der Waals surface area contributed by atoms with Crippen LogP contribution in [0.4, 0.5) is 5.82 Å². The zero-order valence-corrected chi connectivity index (χ0v) is 16.4. The van der Waals surface area contributed by atoms with E-state index in [-0.39, 0.29) is 24.4 Å². The third-order valence-corrected chi connectivity index (χ3v) is 6.17. The highest BCUT2D eigenvalue weighted by molar-refractivity contribution is 6.03. The van der Waals surface area contributed by atoms with Crippen LogP contribution in [-0.4, -0.2) is 68.0 Å². The molecule has 2 saturated heterocycles. The molecule has 9 nitrogen and oxygen atoms in total. The minimum atomic E-state index is -1.16. The van der Waals surface area contributed by atoms with Gasteiger partial charge in [-0.25, -0.2) is 4.79 Å². The quantitative estimate of drug-likeness (QED) is 0.668. The van der Waals surface area contributed by atoms with Crippen LogP contribution in [0.5, 0.6) is 0 Å². The lowest BCUT2D eigenvalue weighted by Gasteiger charge is -2.40. The van der Waals surface area contributed by atoms with E-state index in [2.05, 4.69) is 10.3 Å². The molecule has 0 spiro atoms. The number of hydrogen-bond donors (Lipinski definition) is 3. The first-order valence-electron chi connectivity index (χ1n) is 9.45. The molecule has 0 saturated carbocycles. The summed E-state index contributed by atoms with van der Waals surface area (Å²) < 4.78 is 7.30. The molecule has 2 aliphatic rings. The molecule has 0 unspecified atom stereocenters. The number of carbonyl (C=O) groups is 1. The van der Waals surface area contributed by atoms with Crippen molar-refractivity contribution < 1.29 is 19.7 Å². The SMILES string of the molecule is Cc1cn([C@@H]2O[C@]3(CO)[C@@H](O)[C@H]2N(C)[C@@H]3C)c(=O)nc1NC(=O)c1ccccc1. The second-order valence-electron chi connectivity index (χ2n) is 7.68. The Hall–Kier alpha value is -2.59. The van der Waals surface area contributed by atoms with E-state index in [0.717, 1.165) is 0 Å². The highest BCUT2D eigenvalue weighted by atomic mass is 16.6. The number of likely N-dealkylation sites (N-methyl/N-ethyl adjacent to an activating group) is 1. The molecule has 0 aliphatic carbocycles. The Morgan fingerprint density at radius 3 is 2.66 bits per heavy atom. The van der Waals surface area contributed by atoms with Crippen molar-refractivity contribution in [3.8, 4) is 0 Å². The van der Waals surface area contributed by atoms with E-state index >= 15 is 0 Å². The average Bonchev–Trinajstić information content (AvgIpc) is 3.11. The fourth-order valence-corrected chi connectivity index (χ4v) is 4.31. The van der Waals surface area contributed by atoms with Gasteiger partial charge < -0.3 is 20.3 Å². The maximum Gasteiger partial charge on any atom is 0.351 e. The highest BCUT2D eigenvalue weighted by Crippen LogP contribution is 2.49. The van der Waals surface area contributed by atoms with Crippen molar-refractivity contribution in [2.24, 2.45) is 0 Å². The van der Waals surface area contributed by atoms with Gasteiger partial charge in [-0.1, -0.05) is 18.2 Å². The van der Waals surface area contributed by atoms with Crippen molar-refractivity contribution in [2.75, 3.05) is 19.0 Å². The van der Waals surface area contributed by atoms with Crippen LogP contribution in [0.25, 0.3) is 0 Å². The van der Waals surface area contributed by atoms with E-state index in [1.807, 2.05) is 24.9 Å². The smallest absolute Gasteiger partial charge is 0.351 e. The van der Waals surface area contributed by atoms with Crippen molar-refractivity contribution in [1.29, 1.82) is 0 Å². The third-order valence-electron chi connectivity index (χ3n) is 6.17. The number of hydrogen-bond acceptors (Lipinski definition) is 7. The number of nitrogens with one attached hydrogen (secondary N) is 1. The molecule has 1 aromatic heterocycles. The first kappa shape index (κ1) is 19.7. The summed E-state index contributed by atoms with van der Waals surface area (Å²) in [6.45, 7) is 3.23. The molecule has 5 atom stereocenters. The fraction of sp³-hybridized carbons (Fsp3) is 0.450. The van der Waals surface area contributed by atoms with Crippen LogP contribution < -0.4 is 11.0 Å². The number of ether oxygens (including phenoxy) is 1. The minimum absolute atomic E-state index is 0.169. The summed E-state index contributed by atoms with van der Waals surface area (Å²) in [5, 5.41) is 23.2. The Bertz CT molecular complexity index is 994. The molecule has 1 amide bonds. The topological polar surface area (TPSA) is 117 Å². The number of fused-ring (bicyclic) bond motifs is 2. The zero-order valence-electron chi connectivity index (χ0n) is 16.4. The summed E-state index contributed by atoms with van der Waals surface area (Å²) in [6.07, 6.45) is -0.185. The van der Waals surface area contributed by atoms with Crippen LogP contribution in [0.3, 0.4) is 0 Å². The van der Waals surface area contributed by atoms with Gasteiger partial charge in [-0.15, -0.1) is 0 Å². The number of nitrogens with zero attached hydrogens (tertiary/aromatic N) is 3. The van der Waals surface area contributed by atoms with E-state index in [9.17, 15) is 19.8 Å². The van der Waals surface area contributed by atoms with Gasteiger partial charge in [0.25, 0.3) is 5.91 Å². The number of rotatable bonds is 4. The Kier molecular flexibility index (Phi) is 4.78. The van der Waals surface area contributed by atoms with Crippen LogP contribution in [0.2, 0.25) is 0 Å². The van der Waals surface area contributed by atoms with Gasteiger partial charge in [-0.2, -0.15) is 4.98 Å². The van der Waals surface area contributed by atoms with E-state index in [4.69, 9.17) is 4.74 Å². The molecule has 2 aliphatic heterocycles. The van der Waals surface area contributed by atoms with Crippen LogP contribution in [0, 0.1) is 6.92 Å². The minimum Gasteiger partial charge on any atom is -0.393 e. The van der Waals surface area contributed by atoms with Crippen LogP contribution in [0.15, 0.2) is 41.3 Å². The van der Waals surface area contributed by atoms with Gasteiger partial charge in [-0.3, -0.25) is 14.3 Å². The maximum atomic E-state index is 12.7. The van der Waals surface area contributed by atoms with Crippen LogP contribution in [0.1, 0.15) is 29.1 Å². The number of aryl methyl sites for hydroxylation is 1. The first-order chi connectivity index (χ1) is 13.8. The lowest BCUT2D eigenvalue weighted by Crippen LogP contribution is -2.54. The number of morpholine rings is 1. The van der Waals surface area contributed by atoms with Crippen molar-refractivity contribution in [3.05, 3.63) is 58.1 Å². The first-order valence-corrected chi connectivity index (χ1v) is 9.45. The second-order valence-corrected chi connectivity index (χ2v) is 7.68. The van der Waals surface area contributed by atoms with Gasteiger partial charge in [-0.05, 0) is 33.0 Å². The maximum absolute atomic E-state index is 12.7. The predicted octanol–water partition coefficient (Wildman–Crippen LogP) is 0.127. The van der Waals surface area contributed by atoms with Gasteiger partial charge in [0, 0.05) is 23.4 Å². The molecule has 2 fully saturated rings. The summed E-state index contributed by atoms with van der Waals surface area (Å²) >= 11 is 0. The van der Waals surface area contributed by atoms with Crippen LogP contribution >= 0.6 is 0 Å². The standard InChI is InChI=1S/C20H24N4O5/c1-11-9-24(18-14-15(26)20(10-25,29-18)12(2)23(14)3)19(28)22-16(11)21-17(27)13-7-5-4-6-8-13/h4-9,12,14-15,18,25-26H,10H2,1-3H3,(H,21,22,27,28)/t12-,14-,15+,18-,20+/m1/s1. The van der Waals surface area contributed by atoms with Gasteiger partial charge in [0.2, 0.25) is 0 Å². The van der Waals surface area contributed by atoms with Crippen molar-refractivity contribution in [3.63, 3.8) is 0 Å². The number of aliphatic hydroxyl groups excluding tert-OH is 2. The number of benzene rings is 1. The van der Waals surface area contributed by atoms with Gasteiger partial charge >= 0.3 is 5.69 Å². The number of aliphatic hydroxyl groups is 2. The molecule has 2 aromatic rings. The van der Waals surface area contributed by atoms with Crippen molar-refractivity contribution >= 4 is 11.7 Å². The number of anilines is 1. The molecule has 3 N–H and O–H groups in total. The molecule has 3 heterocycles. The number of carbonyl (C=O) groups excluding carboxylic acids is 1. The molecule has 29 heavy (non-hydrogen) atoms. The van der Waals surface area contributed by atoms with E-state index < -0.39 is 29.7 Å². The Balaban J connectivity index is 1.64. The van der Waals surface area contributed by atoms with Crippen LogP contribution in [-0.2, 0) is 4.74 Å². The summed E-state index contributed by atoms with van der Waals surface area (Å²) in [6, 6.07) is 7.93. The number of aromatic nitrogens is 2. The molecule has 1 aromatic carbocycles. The Labute approximate surface area is 167 Å². The molecule has 4 rings (SSSR count). The molecule has 0 radical (unpaired) electrons. The van der Waals surface area contributed by atoms with Crippen molar-refractivity contribution in [2.45, 2.75) is 43.9 Å². The summed E-state index contributed by atoms with van der Waals surface area (Å²) in [5.74, 6) is -0.194. The van der Waals surface area contributed by atoms with Gasteiger partial charge in [0.1, 0.15) is 17.5 Å². The molecular formula is C20H24N4O5. The molecule has 2 bridgehead atoms. The highest BCUT2D eigenvalue weighted by Gasteiger charge is 2.66. The van der Waals surface area contributed by atoms with E-state index in [1.165, 1.54) is 4.57 Å². The normalized spacial score (nSPS) is 31.2. The monoisotopic (exact) mass is 400 g/mol. The van der Waals surface area contributed by atoms with Gasteiger partial charge in [0.05, 0.1) is 12.6 Å². The lowest BCUT2D eigenvalue weighted by atomic mass is 9.94. The number of likely N-dealkylation sites (tertiary alicyclic amines) is 1. The summed E-state index contributed by atoms with van der Waals surface area (Å²) in [7, 11) is 1.82. The summed E-state index contributed by atoms with van der Waals surface area (Å²) in [5.41, 5.74) is -0.739. The molecule has 9 heteroatoms.